The smallest absolute Gasteiger partial charge is 0.0569 e. The molecule has 0 bridgehead atoms. The van der Waals surface area contributed by atoms with E-state index in [0.29, 0.717) is 6.54 Å². The Bertz CT molecular complexity index is 352. The highest BCUT2D eigenvalue weighted by atomic mass is 16.5. The minimum absolute atomic E-state index is 0.183. The normalized spacial score (nSPS) is 17.4. The minimum Gasteiger partial charge on any atom is -0.380 e. The van der Waals surface area contributed by atoms with Crippen LogP contribution in [0, 0.1) is 5.41 Å². The topological polar surface area (TPSA) is 47.3 Å². The summed E-state index contributed by atoms with van der Waals surface area (Å²) in [5.74, 6) is 0. The van der Waals surface area contributed by atoms with Crippen LogP contribution in [0.25, 0.3) is 0 Å². The van der Waals surface area contributed by atoms with Crippen LogP contribution in [0.15, 0.2) is 24.3 Å². The number of ether oxygens (including phenoxy) is 1. The molecule has 1 aromatic rings. The molecule has 0 radical (unpaired) electrons. The van der Waals surface area contributed by atoms with Crippen molar-refractivity contribution < 1.29 is 4.74 Å². The van der Waals surface area contributed by atoms with Crippen molar-refractivity contribution in [3.05, 3.63) is 35.4 Å². The van der Waals surface area contributed by atoms with Crippen molar-refractivity contribution in [1.82, 2.24) is 5.32 Å². The van der Waals surface area contributed by atoms with Crippen LogP contribution >= 0.6 is 0 Å². The lowest BCUT2D eigenvalue weighted by Gasteiger charge is -2.40. The molecule has 1 aliphatic heterocycles. The summed E-state index contributed by atoms with van der Waals surface area (Å²) in [6.45, 7) is 6.37. The first-order valence-corrected chi connectivity index (χ1v) is 6.84. The Labute approximate surface area is 110 Å². The number of hydrogen-bond donors (Lipinski definition) is 2. The van der Waals surface area contributed by atoms with Crippen LogP contribution in [-0.2, 0) is 17.7 Å². The van der Waals surface area contributed by atoms with Crippen molar-refractivity contribution >= 4 is 0 Å². The molecule has 2 rings (SSSR count). The Morgan fingerprint density at radius 2 is 1.89 bits per heavy atom. The summed E-state index contributed by atoms with van der Waals surface area (Å²) in [4.78, 5) is 0. The van der Waals surface area contributed by atoms with Crippen molar-refractivity contribution in [2.45, 2.75) is 26.3 Å². The maximum Gasteiger partial charge on any atom is 0.0569 e. The lowest BCUT2D eigenvalue weighted by atomic mass is 9.86. The number of hydrogen-bond acceptors (Lipinski definition) is 3. The summed E-state index contributed by atoms with van der Waals surface area (Å²) >= 11 is 0. The summed E-state index contributed by atoms with van der Waals surface area (Å²) in [6, 6.07) is 8.88. The zero-order chi connectivity index (χ0) is 12.8. The summed E-state index contributed by atoms with van der Waals surface area (Å²) in [6.07, 6.45) is 2.37. The highest BCUT2D eigenvalue weighted by Gasteiger charge is 2.36. The molecule has 0 atom stereocenters. The molecule has 1 aromatic carbocycles. The number of nitrogens with two attached hydrogens (primary N) is 1. The van der Waals surface area contributed by atoms with Crippen LogP contribution in [0.3, 0.4) is 0 Å². The average molecular weight is 248 g/mol. The van der Waals surface area contributed by atoms with E-state index in [0.717, 1.165) is 26.3 Å². The van der Waals surface area contributed by atoms with E-state index in [2.05, 4.69) is 36.5 Å². The molecule has 0 amide bonds. The standard InChI is InChI=1S/C15H24N2O/c1-2-3-13-4-6-14(7-5-13)8-17-10-15(9-16)11-18-12-15/h4-7,17H,2-3,8-12,16H2,1H3. The number of nitrogens with one attached hydrogen (secondary N) is 1. The van der Waals surface area contributed by atoms with E-state index in [-0.39, 0.29) is 5.41 Å². The predicted molar refractivity (Wildman–Crippen MR) is 74.5 cm³/mol. The van der Waals surface area contributed by atoms with Crippen LogP contribution in [0.1, 0.15) is 24.5 Å². The van der Waals surface area contributed by atoms with Crippen molar-refractivity contribution in [2.75, 3.05) is 26.3 Å². The third-order valence-electron chi connectivity index (χ3n) is 3.64. The van der Waals surface area contributed by atoms with Gasteiger partial charge in [0, 0.05) is 25.0 Å². The molecular formula is C15H24N2O. The molecule has 100 valence electrons. The summed E-state index contributed by atoms with van der Waals surface area (Å²) < 4.78 is 5.25. The summed E-state index contributed by atoms with van der Waals surface area (Å²) in [5.41, 5.74) is 8.72. The summed E-state index contributed by atoms with van der Waals surface area (Å²) in [7, 11) is 0. The zero-order valence-electron chi connectivity index (χ0n) is 11.2. The summed E-state index contributed by atoms with van der Waals surface area (Å²) in [5, 5.41) is 3.49. The van der Waals surface area contributed by atoms with E-state index >= 15 is 0 Å². The number of aryl methyl sites for hydroxylation is 1. The van der Waals surface area contributed by atoms with E-state index < -0.39 is 0 Å². The molecule has 0 spiro atoms. The van der Waals surface area contributed by atoms with Crippen LogP contribution in [-0.4, -0.2) is 26.3 Å². The van der Waals surface area contributed by atoms with Crippen LogP contribution in [0.5, 0.6) is 0 Å². The second kappa shape index (κ2) is 6.32. The van der Waals surface area contributed by atoms with E-state index in [1.807, 2.05) is 0 Å². The van der Waals surface area contributed by atoms with E-state index in [1.54, 1.807) is 0 Å². The zero-order valence-corrected chi connectivity index (χ0v) is 11.2. The monoisotopic (exact) mass is 248 g/mol. The minimum atomic E-state index is 0.183. The molecule has 0 saturated carbocycles. The average Bonchev–Trinajstić information content (AvgIpc) is 2.35. The van der Waals surface area contributed by atoms with E-state index in [9.17, 15) is 0 Å². The number of benzene rings is 1. The van der Waals surface area contributed by atoms with Crippen molar-refractivity contribution in [3.63, 3.8) is 0 Å². The lowest BCUT2D eigenvalue weighted by Crippen LogP contribution is -2.54. The molecule has 3 heteroatoms. The van der Waals surface area contributed by atoms with Gasteiger partial charge in [-0.1, -0.05) is 37.6 Å². The Hall–Kier alpha value is -0.900. The second-order valence-corrected chi connectivity index (χ2v) is 5.37. The van der Waals surface area contributed by atoms with Gasteiger partial charge in [0.25, 0.3) is 0 Å². The first-order chi connectivity index (χ1) is 8.78. The van der Waals surface area contributed by atoms with Gasteiger partial charge in [0.1, 0.15) is 0 Å². The van der Waals surface area contributed by atoms with Gasteiger partial charge in [-0.3, -0.25) is 0 Å². The lowest BCUT2D eigenvalue weighted by molar-refractivity contribution is -0.105. The van der Waals surface area contributed by atoms with Crippen LogP contribution < -0.4 is 11.1 Å². The molecular weight excluding hydrogens is 224 g/mol. The third-order valence-corrected chi connectivity index (χ3v) is 3.64. The van der Waals surface area contributed by atoms with E-state index in [4.69, 9.17) is 10.5 Å². The molecule has 0 unspecified atom stereocenters. The fraction of sp³-hybridized carbons (Fsp3) is 0.600. The molecule has 1 fully saturated rings. The van der Waals surface area contributed by atoms with Gasteiger partial charge < -0.3 is 15.8 Å². The molecule has 1 saturated heterocycles. The third kappa shape index (κ3) is 3.31. The van der Waals surface area contributed by atoms with Gasteiger partial charge in [-0.15, -0.1) is 0 Å². The number of rotatable bonds is 7. The first kappa shape index (κ1) is 13.5. The Morgan fingerprint density at radius 3 is 2.39 bits per heavy atom. The van der Waals surface area contributed by atoms with E-state index in [1.165, 1.54) is 24.0 Å². The van der Waals surface area contributed by atoms with Gasteiger partial charge in [0.05, 0.1) is 13.2 Å². The fourth-order valence-electron chi connectivity index (χ4n) is 2.27. The van der Waals surface area contributed by atoms with Gasteiger partial charge >= 0.3 is 0 Å². The van der Waals surface area contributed by atoms with Gasteiger partial charge in [0.15, 0.2) is 0 Å². The molecule has 1 aliphatic rings. The van der Waals surface area contributed by atoms with Crippen molar-refractivity contribution in [1.29, 1.82) is 0 Å². The van der Waals surface area contributed by atoms with Crippen LogP contribution in [0.4, 0.5) is 0 Å². The second-order valence-electron chi connectivity index (χ2n) is 5.37. The van der Waals surface area contributed by atoms with Gasteiger partial charge in [-0.05, 0) is 17.5 Å². The Balaban J connectivity index is 1.76. The maximum absolute atomic E-state index is 5.78. The van der Waals surface area contributed by atoms with Gasteiger partial charge in [0.2, 0.25) is 0 Å². The maximum atomic E-state index is 5.78. The molecule has 1 heterocycles. The first-order valence-electron chi connectivity index (χ1n) is 6.84. The molecule has 3 N–H and O–H groups in total. The quantitative estimate of drug-likeness (QED) is 0.772. The molecule has 3 nitrogen and oxygen atoms in total. The van der Waals surface area contributed by atoms with Gasteiger partial charge in [-0.25, -0.2) is 0 Å². The largest absolute Gasteiger partial charge is 0.380 e. The SMILES string of the molecule is CCCc1ccc(CNCC2(CN)COC2)cc1. The van der Waals surface area contributed by atoms with Gasteiger partial charge in [-0.2, -0.15) is 0 Å². The Kier molecular flexibility index (Phi) is 4.75. The Morgan fingerprint density at radius 1 is 1.22 bits per heavy atom. The predicted octanol–water partition coefficient (Wildman–Crippen LogP) is 1.70. The molecule has 0 aromatic heterocycles. The fourth-order valence-corrected chi connectivity index (χ4v) is 2.27. The van der Waals surface area contributed by atoms with Crippen LogP contribution in [0.2, 0.25) is 0 Å². The molecule has 18 heavy (non-hydrogen) atoms. The highest BCUT2D eigenvalue weighted by Crippen LogP contribution is 2.24. The highest BCUT2D eigenvalue weighted by molar-refractivity contribution is 5.22. The van der Waals surface area contributed by atoms with Crippen molar-refractivity contribution in [3.8, 4) is 0 Å². The van der Waals surface area contributed by atoms with Crippen molar-refractivity contribution in [2.24, 2.45) is 11.1 Å². The molecule has 0 aliphatic carbocycles.